The molecule has 1 amide bonds. The van der Waals surface area contributed by atoms with Crippen LogP contribution in [-0.4, -0.2) is 29.0 Å². The van der Waals surface area contributed by atoms with E-state index >= 15 is 0 Å². The molecular formula is C18H15BrF2N4O3S. The van der Waals surface area contributed by atoms with Gasteiger partial charge in [-0.1, -0.05) is 0 Å². The normalized spacial score (nSPS) is 13.3. The van der Waals surface area contributed by atoms with Crippen LogP contribution in [0.2, 0.25) is 0 Å². The molecule has 0 aliphatic carbocycles. The quantitative estimate of drug-likeness (QED) is 0.380. The molecule has 7 nitrogen and oxygen atoms in total. The number of benzene rings is 2. The zero-order valence-corrected chi connectivity index (χ0v) is 17.3. The maximum Gasteiger partial charge on any atom is 0.293 e. The van der Waals surface area contributed by atoms with Crippen molar-refractivity contribution >= 4 is 56.2 Å². The summed E-state index contributed by atoms with van der Waals surface area (Å²) in [6.07, 6.45) is 1.91. The van der Waals surface area contributed by atoms with E-state index in [1.165, 1.54) is 18.2 Å². The Labute approximate surface area is 178 Å². The molecule has 11 heteroatoms. The molecule has 1 aliphatic heterocycles. The highest BCUT2D eigenvalue weighted by atomic mass is 79.9. The molecule has 2 aromatic rings. The van der Waals surface area contributed by atoms with E-state index in [2.05, 4.69) is 26.6 Å². The molecule has 152 valence electrons. The van der Waals surface area contributed by atoms with E-state index in [0.29, 0.717) is 11.8 Å². The Bertz CT molecular complexity index is 976. The summed E-state index contributed by atoms with van der Waals surface area (Å²) in [6, 6.07) is 5.88. The van der Waals surface area contributed by atoms with Crippen LogP contribution < -0.4 is 15.5 Å². The fourth-order valence-corrected chi connectivity index (χ4v) is 3.72. The van der Waals surface area contributed by atoms with E-state index < -0.39 is 22.5 Å². The minimum absolute atomic E-state index is 0.0300. The Morgan fingerprint density at radius 1 is 1.21 bits per heavy atom. The average molecular weight is 485 g/mol. The lowest BCUT2D eigenvalue weighted by atomic mass is 10.1. The van der Waals surface area contributed by atoms with E-state index in [4.69, 9.17) is 12.2 Å². The summed E-state index contributed by atoms with van der Waals surface area (Å²) in [5.41, 5.74) is 0.169. The molecule has 2 N–H and O–H groups in total. The van der Waals surface area contributed by atoms with E-state index in [9.17, 15) is 23.7 Å². The Morgan fingerprint density at radius 3 is 2.52 bits per heavy atom. The van der Waals surface area contributed by atoms with Crippen LogP contribution >= 0.6 is 28.1 Å². The van der Waals surface area contributed by atoms with Gasteiger partial charge in [0.1, 0.15) is 11.5 Å². The van der Waals surface area contributed by atoms with Crippen molar-refractivity contribution in [2.24, 2.45) is 0 Å². The van der Waals surface area contributed by atoms with Crippen LogP contribution in [0.3, 0.4) is 0 Å². The molecule has 1 fully saturated rings. The second-order valence-corrected chi connectivity index (χ2v) is 7.57. The van der Waals surface area contributed by atoms with E-state index in [1.807, 2.05) is 4.90 Å². The Hall–Kier alpha value is -2.66. The zero-order valence-electron chi connectivity index (χ0n) is 14.9. The van der Waals surface area contributed by atoms with Gasteiger partial charge < -0.3 is 10.2 Å². The first-order valence-corrected chi connectivity index (χ1v) is 9.76. The maximum absolute atomic E-state index is 13.9. The lowest BCUT2D eigenvalue weighted by Crippen LogP contribution is -2.34. The second-order valence-electron chi connectivity index (χ2n) is 6.31. The fraction of sp³-hybridized carbons (Fsp3) is 0.222. The molecule has 1 saturated heterocycles. The van der Waals surface area contributed by atoms with Gasteiger partial charge in [0.25, 0.3) is 11.6 Å². The summed E-state index contributed by atoms with van der Waals surface area (Å²) < 4.78 is 27.1. The highest BCUT2D eigenvalue weighted by molar-refractivity contribution is 9.10. The minimum Gasteiger partial charge on any atom is -0.366 e. The topological polar surface area (TPSA) is 87.5 Å². The van der Waals surface area contributed by atoms with Gasteiger partial charge >= 0.3 is 0 Å². The SMILES string of the molecule is O=C(NC(=S)Nc1c(F)cc(F)cc1Br)c1ccc(N2CCCC2)c([N+](=O)[O-])c1. The van der Waals surface area contributed by atoms with Crippen LogP contribution in [0, 0.1) is 21.7 Å². The molecule has 1 aliphatic rings. The number of halogens is 3. The standard InChI is InChI=1S/C18H15BrF2N4O3S/c19-12-8-11(20)9-13(21)16(12)22-18(29)23-17(26)10-3-4-14(15(7-10)25(27)28)24-5-1-2-6-24/h3-4,7-9H,1-2,5-6H2,(H2,22,23,26,29). The summed E-state index contributed by atoms with van der Waals surface area (Å²) in [5, 5.41) is 16.0. The molecule has 0 atom stereocenters. The number of thiocarbonyl (C=S) groups is 1. The van der Waals surface area contributed by atoms with Gasteiger partial charge in [-0.2, -0.15) is 0 Å². The smallest absolute Gasteiger partial charge is 0.293 e. The van der Waals surface area contributed by atoms with Crippen LogP contribution in [0.5, 0.6) is 0 Å². The molecule has 0 saturated carbocycles. The number of nitro groups is 1. The van der Waals surface area contributed by atoms with Crippen molar-refractivity contribution in [3.05, 3.63) is 62.1 Å². The number of carbonyl (C=O) groups is 1. The molecule has 3 rings (SSSR count). The van der Waals surface area contributed by atoms with Gasteiger partial charge in [0.2, 0.25) is 0 Å². The van der Waals surface area contributed by atoms with Gasteiger partial charge in [-0.25, -0.2) is 8.78 Å². The van der Waals surface area contributed by atoms with Gasteiger partial charge in [-0.15, -0.1) is 0 Å². The van der Waals surface area contributed by atoms with Crippen LogP contribution in [0.25, 0.3) is 0 Å². The number of anilines is 2. The zero-order chi connectivity index (χ0) is 21.1. The van der Waals surface area contributed by atoms with Crippen LogP contribution in [0.4, 0.5) is 25.8 Å². The fourth-order valence-electron chi connectivity index (χ4n) is 3.02. The van der Waals surface area contributed by atoms with E-state index in [0.717, 1.165) is 32.0 Å². The molecule has 0 unspecified atom stereocenters. The minimum atomic E-state index is -0.904. The number of rotatable bonds is 4. The van der Waals surface area contributed by atoms with Crippen molar-refractivity contribution in [1.82, 2.24) is 5.32 Å². The first-order chi connectivity index (χ1) is 13.8. The van der Waals surface area contributed by atoms with Gasteiger partial charge in [-0.05, 0) is 59.2 Å². The third kappa shape index (κ3) is 4.85. The number of hydrogen-bond donors (Lipinski definition) is 2. The molecule has 29 heavy (non-hydrogen) atoms. The monoisotopic (exact) mass is 484 g/mol. The highest BCUT2D eigenvalue weighted by Gasteiger charge is 2.24. The molecule has 1 heterocycles. The van der Waals surface area contributed by atoms with Crippen LogP contribution in [-0.2, 0) is 0 Å². The lowest BCUT2D eigenvalue weighted by Gasteiger charge is -2.18. The van der Waals surface area contributed by atoms with E-state index in [1.54, 1.807) is 0 Å². The van der Waals surface area contributed by atoms with Gasteiger partial charge in [0.15, 0.2) is 10.9 Å². The van der Waals surface area contributed by atoms with Crippen molar-refractivity contribution in [1.29, 1.82) is 0 Å². The summed E-state index contributed by atoms with van der Waals surface area (Å²) >= 11 is 8.00. The largest absolute Gasteiger partial charge is 0.366 e. The average Bonchev–Trinajstić information content (AvgIpc) is 3.18. The number of carbonyl (C=O) groups excluding carboxylic acids is 1. The number of nitrogens with one attached hydrogen (secondary N) is 2. The lowest BCUT2D eigenvalue weighted by molar-refractivity contribution is -0.384. The summed E-state index contributed by atoms with van der Waals surface area (Å²) in [7, 11) is 0. The predicted molar refractivity (Wildman–Crippen MR) is 112 cm³/mol. The Kier molecular flexibility index (Phi) is 6.38. The van der Waals surface area contributed by atoms with Crippen molar-refractivity contribution in [2.45, 2.75) is 12.8 Å². The van der Waals surface area contributed by atoms with Gasteiger partial charge in [0, 0.05) is 35.3 Å². The van der Waals surface area contributed by atoms with Gasteiger partial charge in [0.05, 0.1) is 10.6 Å². The van der Waals surface area contributed by atoms with Gasteiger partial charge in [-0.3, -0.25) is 20.2 Å². The van der Waals surface area contributed by atoms with Crippen LogP contribution in [0.15, 0.2) is 34.8 Å². The third-order valence-electron chi connectivity index (χ3n) is 4.35. The Morgan fingerprint density at radius 2 is 1.90 bits per heavy atom. The molecule has 0 radical (unpaired) electrons. The summed E-state index contributed by atoms with van der Waals surface area (Å²) in [5.74, 6) is -2.38. The van der Waals surface area contributed by atoms with Crippen LogP contribution in [0.1, 0.15) is 23.2 Å². The molecular weight excluding hydrogens is 470 g/mol. The highest BCUT2D eigenvalue weighted by Crippen LogP contribution is 2.32. The first-order valence-electron chi connectivity index (χ1n) is 8.56. The van der Waals surface area contributed by atoms with Crippen molar-refractivity contribution in [3.63, 3.8) is 0 Å². The number of hydrogen-bond acceptors (Lipinski definition) is 5. The van der Waals surface area contributed by atoms with E-state index in [-0.39, 0.29) is 26.5 Å². The van der Waals surface area contributed by atoms with Crippen molar-refractivity contribution in [2.75, 3.05) is 23.3 Å². The second kappa shape index (κ2) is 8.78. The third-order valence-corrected chi connectivity index (χ3v) is 5.18. The molecule has 0 aromatic heterocycles. The Balaban J connectivity index is 1.76. The molecule has 0 spiro atoms. The number of nitrogens with zero attached hydrogens (tertiary/aromatic N) is 2. The number of nitro benzene ring substituents is 1. The van der Waals surface area contributed by atoms with Crippen molar-refractivity contribution < 1.29 is 18.5 Å². The molecule has 2 aromatic carbocycles. The molecule has 0 bridgehead atoms. The summed E-state index contributed by atoms with van der Waals surface area (Å²) in [6.45, 7) is 1.44. The van der Waals surface area contributed by atoms with Crippen molar-refractivity contribution in [3.8, 4) is 0 Å². The number of amides is 1. The first kappa shape index (κ1) is 21.1. The maximum atomic E-state index is 13.9. The predicted octanol–water partition coefficient (Wildman–Crippen LogP) is 4.36. The summed E-state index contributed by atoms with van der Waals surface area (Å²) in [4.78, 5) is 25.3.